The molecular weight excluding hydrogens is 510 g/mol. The van der Waals surface area contributed by atoms with Gasteiger partial charge in [0, 0.05) is 12.5 Å². The molecule has 0 spiro atoms. The van der Waals surface area contributed by atoms with Crippen LogP contribution >= 0.6 is 0 Å². The van der Waals surface area contributed by atoms with Gasteiger partial charge >= 0.3 is 5.97 Å². The molecule has 2 fully saturated rings. The van der Waals surface area contributed by atoms with Crippen molar-refractivity contribution in [3.63, 3.8) is 0 Å². The smallest absolute Gasteiger partial charge is 0.306 e. The second-order valence-corrected chi connectivity index (χ2v) is 10.8. The fourth-order valence-corrected chi connectivity index (χ4v) is 4.75. The minimum absolute atomic E-state index is 0.0904. The van der Waals surface area contributed by atoms with E-state index in [1.54, 1.807) is 19.9 Å². The van der Waals surface area contributed by atoms with Crippen LogP contribution in [0.1, 0.15) is 60.8 Å². The summed E-state index contributed by atoms with van der Waals surface area (Å²) in [5.74, 6) is -2.64. The second kappa shape index (κ2) is 14.0. The van der Waals surface area contributed by atoms with Crippen LogP contribution in [0.5, 0.6) is 0 Å². The monoisotopic (exact) mass is 555 g/mol. The summed E-state index contributed by atoms with van der Waals surface area (Å²) in [6, 6.07) is -0.176. The number of esters is 1. The van der Waals surface area contributed by atoms with Gasteiger partial charge in [-0.3, -0.25) is 9.59 Å². The van der Waals surface area contributed by atoms with Crippen LogP contribution in [-0.4, -0.2) is 98.1 Å². The third-order valence-electron chi connectivity index (χ3n) is 7.32. The Bertz CT molecular complexity index is 931. The van der Waals surface area contributed by atoms with Crippen molar-refractivity contribution in [2.24, 2.45) is 5.92 Å². The van der Waals surface area contributed by atoms with Gasteiger partial charge in [0.15, 0.2) is 5.79 Å². The number of aliphatic hydroxyl groups excluding tert-OH is 3. The first kappa shape index (κ1) is 33.1. The molecule has 10 unspecified atom stereocenters. The van der Waals surface area contributed by atoms with E-state index in [2.05, 4.69) is 5.32 Å². The van der Waals surface area contributed by atoms with Gasteiger partial charge in [0.2, 0.25) is 5.91 Å². The Kier molecular flexibility index (Phi) is 11.9. The van der Waals surface area contributed by atoms with Crippen LogP contribution in [-0.2, 0) is 23.8 Å². The molecule has 2 aliphatic heterocycles. The summed E-state index contributed by atoms with van der Waals surface area (Å²) < 4.78 is 16.7. The highest BCUT2D eigenvalue weighted by molar-refractivity contribution is 5.87. The van der Waals surface area contributed by atoms with Crippen LogP contribution in [0.15, 0.2) is 36.0 Å². The molecule has 2 saturated heterocycles. The molecular formula is C28H45NO10. The molecule has 10 atom stereocenters. The molecule has 1 amide bonds. The van der Waals surface area contributed by atoms with Crippen molar-refractivity contribution in [3.05, 3.63) is 36.0 Å². The summed E-state index contributed by atoms with van der Waals surface area (Å²) in [6.07, 6.45) is 3.99. The number of allylic oxidation sites excluding steroid dienone is 2. The van der Waals surface area contributed by atoms with Crippen molar-refractivity contribution < 1.29 is 49.3 Å². The first-order valence-electron chi connectivity index (χ1n) is 13.4. The van der Waals surface area contributed by atoms with Crippen LogP contribution in [0.25, 0.3) is 0 Å². The normalized spacial score (nSPS) is 38.6. The lowest BCUT2D eigenvalue weighted by atomic mass is 9.80. The summed E-state index contributed by atoms with van der Waals surface area (Å²) in [5.41, 5.74) is -1.54. The number of hydrogen-bond acceptors (Lipinski definition) is 10. The van der Waals surface area contributed by atoms with Crippen molar-refractivity contribution >= 4 is 11.9 Å². The fourth-order valence-electron chi connectivity index (χ4n) is 4.75. The Morgan fingerprint density at radius 2 is 1.87 bits per heavy atom. The van der Waals surface area contributed by atoms with E-state index in [1.807, 2.05) is 26.8 Å². The summed E-state index contributed by atoms with van der Waals surface area (Å²) in [6.45, 7) is 9.36. The number of rotatable bonds is 10. The summed E-state index contributed by atoms with van der Waals surface area (Å²) in [7, 11) is 0. The average molecular weight is 556 g/mol. The van der Waals surface area contributed by atoms with Crippen LogP contribution in [0, 0.1) is 5.92 Å². The number of ether oxygens (including phenoxy) is 3. The largest absolute Gasteiger partial charge is 0.458 e. The van der Waals surface area contributed by atoms with E-state index in [0.717, 1.165) is 12.5 Å². The standard InChI is InChI=1S/C28H45NO10/c1-7-24(32)37-18(4)10-13-23(31)29-20-14-17(3)21(38-19(20)5)11-8-16(2)9-12-22-25(33)28(36,15-30)26(34)27(6,35)39-22/h8-10,12-13,17-22,25-26,30,33-36H,7,11,14-15H2,1-6H3,(H,29,31)/b12-9+,13-10-,16-8+. The van der Waals surface area contributed by atoms with Gasteiger partial charge in [-0.2, -0.15) is 0 Å². The van der Waals surface area contributed by atoms with Crippen molar-refractivity contribution in [3.8, 4) is 0 Å². The first-order valence-corrected chi connectivity index (χ1v) is 13.4. The summed E-state index contributed by atoms with van der Waals surface area (Å²) >= 11 is 0. The molecule has 39 heavy (non-hydrogen) atoms. The maximum atomic E-state index is 12.4. The Balaban J connectivity index is 1.92. The summed E-state index contributed by atoms with van der Waals surface area (Å²) in [4.78, 5) is 23.7. The molecule has 0 aromatic rings. The Morgan fingerprint density at radius 1 is 1.21 bits per heavy atom. The van der Waals surface area contributed by atoms with Crippen LogP contribution in [0.2, 0.25) is 0 Å². The first-order chi connectivity index (χ1) is 18.1. The van der Waals surface area contributed by atoms with E-state index in [0.29, 0.717) is 12.8 Å². The highest BCUT2D eigenvalue weighted by atomic mass is 16.7. The molecule has 2 aliphatic rings. The minimum atomic E-state index is -2.35. The van der Waals surface area contributed by atoms with E-state index in [4.69, 9.17) is 14.2 Å². The van der Waals surface area contributed by atoms with Gasteiger partial charge in [0.1, 0.15) is 30.0 Å². The maximum Gasteiger partial charge on any atom is 0.306 e. The molecule has 11 heteroatoms. The van der Waals surface area contributed by atoms with Gasteiger partial charge in [-0.05, 0) is 52.5 Å². The van der Waals surface area contributed by atoms with Crippen molar-refractivity contribution in [1.82, 2.24) is 5.32 Å². The highest BCUT2D eigenvalue weighted by Gasteiger charge is 2.58. The van der Waals surface area contributed by atoms with E-state index in [9.17, 15) is 35.1 Å². The van der Waals surface area contributed by atoms with Gasteiger partial charge in [-0.15, -0.1) is 0 Å². The topological polar surface area (TPSA) is 175 Å². The SMILES string of the molecule is CCC(=O)OC(C)/C=C\C(=O)NC1CC(C)C(C/C=C(C)/C=C/C2OC(C)(O)C(O)C(O)(CO)C2O)OC1C. The van der Waals surface area contributed by atoms with Gasteiger partial charge in [-0.1, -0.05) is 37.6 Å². The number of nitrogens with one attached hydrogen (secondary N) is 1. The molecule has 11 nitrogen and oxygen atoms in total. The number of carbonyl (C=O) groups excluding carboxylic acids is 2. The van der Waals surface area contributed by atoms with Crippen molar-refractivity contribution in [2.45, 2.75) is 115 Å². The molecule has 0 bridgehead atoms. The number of aliphatic hydroxyl groups is 5. The lowest BCUT2D eigenvalue weighted by molar-refractivity contribution is -0.362. The Labute approximate surface area is 230 Å². The zero-order chi connectivity index (χ0) is 29.5. The van der Waals surface area contributed by atoms with E-state index in [1.165, 1.54) is 18.2 Å². The molecule has 2 rings (SSSR count). The minimum Gasteiger partial charge on any atom is -0.458 e. The molecule has 0 aliphatic carbocycles. The highest BCUT2D eigenvalue weighted by Crippen LogP contribution is 2.35. The predicted molar refractivity (Wildman–Crippen MR) is 142 cm³/mol. The Morgan fingerprint density at radius 3 is 2.49 bits per heavy atom. The van der Waals surface area contributed by atoms with Gasteiger partial charge in [-0.25, -0.2) is 0 Å². The van der Waals surface area contributed by atoms with Gasteiger partial charge < -0.3 is 45.1 Å². The molecule has 0 aromatic carbocycles. The molecule has 2 heterocycles. The molecule has 0 aromatic heterocycles. The maximum absolute atomic E-state index is 12.4. The van der Waals surface area contributed by atoms with Crippen molar-refractivity contribution in [1.29, 1.82) is 0 Å². The fraction of sp³-hybridized carbons (Fsp3) is 0.714. The van der Waals surface area contributed by atoms with Crippen LogP contribution in [0.3, 0.4) is 0 Å². The molecule has 0 saturated carbocycles. The quantitative estimate of drug-likeness (QED) is 0.127. The van der Waals surface area contributed by atoms with E-state index in [-0.39, 0.29) is 42.5 Å². The number of carbonyl (C=O) groups is 2. The number of hydrogen-bond donors (Lipinski definition) is 6. The van der Waals surface area contributed by atoms with E-state index < -0.39 is 42.4 Å². The predicted octanol–water partition coefficient (Wildman–Crippen LogP) is 0.628. The van der Waals surface area contributed by atoms with E-state index >= 15 is 0 Å². The third kappa shape index (κ3) is 8.68. The third-order valence-corrected chi connectivity index (χ3v) is 7.32. The molecule has 0 radical (unpaired) electrons. The van der Waals surface area contributed by atoms with Gasteiger partial charge in [0.05, 0.1) is 24.9 Å². The zero-order valence-corrected chi connectivity index (χ0v) is 23.6. The lowest BCUT2D eigenvalue weighted by Gasteiger charge is -2.49. The second-order valence-electron chi connectivity index (χ2n) is 10.8. The lowest BCUT2D eigenvalue weighted by Crippen LogP contribution is -2.71. The molecule has 6 N–H and O–H groups in total. The molecule has 222 valence electrons. The van der Waals surface area contributed by atoms with Gasteiger partial charge in [0.25, 0.3) is 0 Å². The summed E-state index contributed by atoms with van der Waals surface area (Å²) in [5, 5.41) is 53.8. The van der Waals surface area contributed by atoms with Crippen molar-refractivity contribution in [2.75, 3.05) is 6.61 Å². The number of amides is 1. The average Bonchev–Trinajstić information content (AvgIpc) is 2.88. The van der Waals surface area contributed by atoms with Crippen LogP contribution in [0.4, 0.5) is 0 Å². The Hall–Kier alpha value is -2.12. The zero-order valence-electron chi connectivity index (χ0n) is 23.6. The van der Waals surface area contributed by atoms with Crippen LogP contribution < -0.4 is 5.32 Å².